The third kappa shape index (κ3) is 2.68. The van der Waals surface area contributed by atoms with Crippen LogP contribution in [0.1, 0.15) is 5.56 Å². The van der Waals surface area contributed by atoms with Gasteiger partial charge in [0.05, 0.1) is 13.3 Å². The highest BCUT2D eigenvalue weighted by atomic mass is 31.2. The fourth-order valence-electron chi connectivity index (χ4n) is 2.03. The molecule has 1 nitrogen and oxygen atoms in total. The standard InChI is InChI=1S/C15H16F2OP/c1-10-8-9-12(15(17)14(10)16)11-6-4-5-7-13(11)19(2,3)18/h4-9,18H,1-3H3/q+1. The molecule has 0 radical (unpaired) electrons. The van der Waals surface area contributed by atoms with Crippen molar-refractivity contribution in [2.45, 2.75) is 6.92 Å². The Balaban J connectivity index is 2.70. The predicted molar refractivity (Wildman–Crippen MR) is 77.2 cm³/mol. The lowest BCUT2D eigenvalue weighted by atomic mass is 10.0. The summed E-state index contributed by atoms with van der Waals surface area (Å²) in [6.07, 6.45) is 0. The minimum atomic E-state index is -2.31. The predicted octanol–water partition coefficient (Wildman–Crippen LogP) is 3.75. The Morgan fingerprint density at radius 3 is 2.16 bits per heavy atom. The third-order valence-corrected chi connectivity index (χ3v) is 4.63. The molecule has 19 heavy (non-hydrogen) atoms. The van der Waals surface area contributed by atoms with Crippen molar-refractivity contribution in [2.75, 3.05) is 13.3 Å². The second-order valence-corrected chi connectivity index (χ2v) is 8.24. The molecule has 0 aliphatic heterocycles. The lowest BCUT2D eigenvalue weighted by Crippen LogP contribution is -2.12. The molecule has 2 aromatic carbocycles. The Labute approximate surface area is 112 Å². The molecule has 0 saturated carbocycles. The van der Waals surface area contributed by atoms with Crippen molar-refractivity contribution in [3.63, 3.8) is 0 Å². The molecular formula is C15H16F2OP+. The Bertz CT molecular complexity index is 618. The van der Waals surface area contributed by atoms with Crippen LogP contribution in [0.25, 0.3) is 11.1 Å². The minimum Gasteiger partial charge on any atom is -0.247 e. The van der Waals surface area contributed by atoms with E-state index in [1.807, 2.05) is 0 Å². The van der Waals surface area contributed by atoms with Crippen LogP contribution in [0.2, 0.25) is 0 Å². The Morgan fingerprint density at radius 1 is 0.895 bits per heavy atom. The molecule has 100 valence electrons. The van der Waals surface area contributed by atoms with Gasteiger partial charge in [0.25, 0.3) is 0 Å². The van der Waals surface area contributed by atoms with Crippen molar-refractivity contribution >= 4 is 12.8 Å². The number of hydrogen-bond acceptors (Lipinski definition) is 1. The zero-order valence-electron chi connectivity index (χ0n) is 11.1. The summed E-state index contributed by atoms with van der Waals surface area (Å²) in [5.41, 5.74) is 1.03. The fourth-order valence-corrected chi connectivity index (χ4v) is 3.27. The average Bonchev–Trinajstić information content (AvgIpc) is 2.35. The van der Waals surface area contributed by atoms with E-state index in [9.17, 15) is 13.7 Å². The van der Waals surface area contributed by atoms with Crippen molar-refractivity contribution in [3.05, 3.63) is 53.6 Å². The van der Waals surface area contributed by atoms with E-state index in [4.69, 9.17) is 0 Å². The Morgan fingerprint density at radius 2 is 1.53 bits per heavy atom. The first-order valence-electron chi connectivity index (χ1n) is 5.93. The summed E-state index contributed by atoms with van der Waals surface area (Å²) in [5.74, 6) is -1.69. The van der Waals surface area contributed by atoms with Crippen molar-refractivity contribution < 1.29 is 13.7 Å². The van der Waals surface area contributed by atoms with Gasteiger partial charge in [0.1, 0.15) is 5.30 Å². The summed E-state index contributed by atoms with van der Waals surface area (Å²) in [5, 5.41) is 0.678. The molecule has 0 amide bonds. The van der Waals surface area contributed by atoms with Crippen LogP contribution in [0.15, 0.2) is 36.4 Å². The molecule has 0 unspecified atom stereocenters. The highest BCUT2D eigenvalue weighted by Gasteiger charge is 2.30. The molecule has 2 rings (SSSR count). The first kappa shape index (κ1) is 14.1. The second-order valence-electron chi connectivity index (χ2n) is 4.97. The van der Waals surface area contributed by atoms with E-state index >= 15 is 0 Å². The topological polar surface area (TPSA) is 20.2 Å². The van der Waals surface area contributed by atoms with Crippen molar-refractivity contribution in [2.24, 2.45) is 0 Å². The van der Waals surface area contributed by atoms with Crippen LogP contribution in [0.5, 0.6) is 0 Å². The molecule has 2 aromatic rings. The zero-order valence-corrected chi connectivity index (χ0v) is 12.0. The Kier molecular flexibility index (Phi) is 3.71. The molecule has 0 heterocycles. The maximum atomic E-state index is 14.1. The highest BCUT2D eigenvalue weighted by Crippen LogP contribution is 2.47. The molecule has 0 atom stereocenters. The second kappa shape index (κ2) is 4.99. The van der Waals surface area contributed by atoms with Gasteiger partial charge >= 0.3 is 0 Å². The van der Waals surface area contributed by atoms with Crippen LogP contribution < -0.4 is 5.30 Å². The molecule has 1 N–H and O–H groups in total. The molecule has 0 aliphatic carbocycles. The van der Waals surface area contributed by atoms with Crippen LogP contribution in [-0.2, 0) is 0 Å². The van der Waals surface area contributed by atoms with Crippen LogP contribution >= 0.6 is 7.49 Å². The smallest absolute Gasteiger partial charge is 0.169 e. The molecule has 0 spiro atoms. The lowest BCUT2D eigenvalue weighted by Gasteiger charge is -2.15. The molecule has 0 fully saturated rings. The SMILES string of the molecule is Cc1ccc(-c2ccccc2[P+](C)(C)O)c(F)c1F. The van der Waals surface area contributed by atoms with Crippen LogP contribution in [0.4, 0.5) is 8.78 Å². The number of hydrogen-bond donors (Lipinski definition) is 1. The summed E-state index contributed by atoms with van der Waals surface area (Å²) < 4.78 is 27.7. The van der Waals surface area contributed by atoms with Crippen LogP contribution in [0, 0.1) is 18.6 Å². The highest BCUT2D eigenvalue weighted by molar-refractivity contribution is 7.76. The van der Waals surface area contributed by atoms with E-state index in [0.29, 0.717) is 10.9 Å². The van der Waals surface area contributed by atoms with E-state index in [2.05, 4.69) is 0 Å². The number of aryl methyl sites for hydroxylation is 1. The maximum absolute atomic E-state index is 14.1. The maximum Gasteiger partial charge on any atom is 0.169 e. The summed E-state index contributed by atoms with van der Waals surface area (Å²) in [4.78, 5) is 10.2. The fraction of sp³-hybridized carbons (Fsp3) is 0.200. The van der Waals surface area contributed by atoms with Crippen LogP contribution in [-0.4, -0.2) is 18.2 Å². The number of halogens is 2. The summed E-state index contributed by atoms with van der Waals surface area (Å²) in [7, 11) is -2.31. The molecular weight excluding hydrogens is 265 g/mol. The molecule has 0 saturated heterocycles. The quantitative estimate of drug-likeness (QED) is 0.831. The van der Waals surface area contributed by atoms with Gasteiger partial charge in [-0.15, -0.1) is 0 Å². The van der Waals surface area contributed by atoms with E-state index < -0.39 is 19.1 Å². The minimum absolute atomic E-state index is 0.195. The Hall–Kier alpha value is -1.31. The van der Waals surface area contributed by atoms with Gasteiger partial charge in [-0.25, -0.2) is 13.7 Å². The largest absolute Gasteiger partial charge is 0.247 e. The zero-order chi connectivity index (χ0) is 14.2. The third-order valence-electron chi connectivity index (χ3n) is 3.06. The number of benzene rings is 2. The van der Waals surface area contributed by atoms with Gasteiger partial charge in [-0.1, -0.05) is 30.3 Å². The van der Waals surface area contributed by atoms with Gasteiger partial charge in [0.2, 0.25) is 0 Å². The summed E-state index contributed by atoms with van der Waals surface area (Å²) in [6, 6.07) is 10.1. The molecule has 0 aromatic heterocycles. The van der Waals surface area contributed by atoms with E-state index in [1.54, 1.807) is 49.7 Å². The van der Waals surface area contributed by atoms with E-state index in [-0.39, 0.29) is 11.1 Å². The van der Waals surface area contributed by atoms with Crippen molar-refractivity contribution in [1.29, 1.82) is 0 Å². The molecule has 0 aliphatic rings. The monoisotopic (exact) mass is 281 g/mol. The van der Waals surface area contributed by atoms with Gasteiger partial charge in [0.15, 0.2) is 19.1 Å². The molecule has 4 heteroatoms. The van der Waals surface area contributed by atoms with Crippen LogP contribution in [0.3, 0.4) is 0 Å². The summed E-state index contributed by atoms with van der Waals surface area (Å²) in [6.45, 7) is 4.99. The van der Waals surface area contributed by atoms with Gasteiger partial charge in [-0.3, -0.25) is 0 Å². The normalized spacial score (nSPS) is 11.7. The van der Waals surface area contributed by atoms with Crippen molar-refractivity contribution in [3.8, 4) is 11.1 Å². The van der Waals surface area contributed by atoms with Gasteiger partial charge in [-0.05, 0) is 18.6 Å². The van der Waals surface area contributed by atoms with E-state index in [0.717, 1.165) is 0 Å². The molecule has 0 bridgehead atoms. The van der Waals surface area contributed by atoms with E-state index in [1.165, 1.54) is 6.92 Å². The number of rotatable bonds is 2. The van der Waals surface area contributed by atoms with Gasteiger partial charge < -0.3 is 0 Å². The van der Waals surface area contributed by atoms with Gasteiger partial charge in [-0.2, -0.15) is 0 Å². The summed E-state index contributed by atoms with van der Waals surface area (Å²) >= 11 is 0. The first-order valence-corrected chi connectivity index (χ1v) is 8.57. The van der Waals surface area contributed by atoms with Gasteiger partial charge in [0, 0.05) is 11.1 Å². The average molecular weight is 281 g/mol. The first-order chi connectivity index (χ1) is 8.82. The lowest BCUT2D eigenvalue weighted by molar-refractivity contribution is 0.505. The van der Waals surface area contributed by atoms with Crippen molar-refractivity contribution in [1.82, 2.24) is 0 Å².